The molecule has 1 saturated heterocycles. The molecule has 1 heterocycles. The van der Waals surface area contributed by atoms with Gasteiger partial charge in [-0.3, -0.25) is 0 Å². The fourth-order valence-corrected chi connectivity index (χ4v) is 2.43. The summed E-state index contributed by atoms with van der Waals surface area (Å²) in [6.07, 6.45) is 4.24. The Morgan fingerprint density at radius 1 is 1.26 bits per heavy atom. The summed E-state index contributed by atoms with van der Waals surface area (Å²) in [7, 11) is 0. The van der Waals surface area contributed by atoms with Crippen LogP contribution in [0.2, 0.25) is 0 Å². The SMILES string of the molecule is CC1CCCCCN1C(=O)N[C@@H](C(=O)O)C(C)(C)C. The second kappa shape index (κ2) is 6.26. The number of likely N-dealkylation sites (tertiary alicyclic amines) is 1. The van der Waals surface area contributed by atoms with Gasteiger partial charge in [0, 0.05) is 12.6 Å². The molecular formula is C14H26N2O3. The molecule has 0 saturated carbocycles. The van der Waals surface area contributed by atoms with E-state index in [4.69, 9.17) is 0 Å². The minimum absolute atomic E-state index is 0.178. The lowest BCUT2D eigenvalue weighted by Gasteiger charge is -2.33. The molecule has 1 fully saturated rings. The third kappa shape index (κ3) is 4.40. The zero-order chi connectivity index (χ0) is 14.6. The van der Waals surface area contributed by atoms with Crippen LogP contribution in [0.25, 0.3) is 0 Å². The van der Waals surface area contributed by atoms with Gasteiger partial charge in [0.25, 0.3) is 0 Å². The van der Waals surface area contributed by atoms with Crippen LogP contribution in [-0.4, -0.2) is 40.6 Å². The highest BCUT2D eigenvalue weighted by atomic mass is 16.4. The topological polar surface area (TPSA) is 69.6 Å². The zero-order valence-electron chi connectivity index (χ0n) is 12.4. The van der Waals surface area contributed by atoms with Crippen LogP contribution >= 0.6 is 0 Å². The molecule has 5 nitrogen and oxygen atoms in total. The fourth-order valence-electron chi connectivity index (χ4n) is 2.43. The normalized spacial score (nSPS) is 22.5. The van der Waals surface area contributed by atoms with Gasteiger partial charge >= 0.3 is 12.0 Å². The van der Waals surface area contributed by atoms with E-state index in [2.05, 4.69) is 5.32 Å². The summed E-state index contributed by atoms with van der Waals surface area (Å²) in [5, 5.41) is 11.9. The van der Waals surface area contributed by atoms with Crippen molar-refractivity contribution < 1.29 is 14.7 Å². The van der Waals surface area contributed by atoms with Crippen LogP contribution in [0.1, 0.15) is 53.4 Å². The molecule has 0 aliphatic carbocycles. The van der Waals surface area contributed by atoms with E-state index in [1.54, 1.807) is 4.90 Å². The number of hydrogen-bond donors (Lipinski definition) is 2. The number of urea groups is 1. The molecule has 0 bridgehead atoms. The van der Waals surface area contributed by atoms with Gasteiger partial charge in [-0.1, -0.05) is 33.6 Å². The first-order chi connectivity index (χ1) is 8.73. The molecule has 1 aliphatic rings. The number of hydrogen-bond acceptors (Lipinski definition) is 2. The number of nitrogens with one attached hydrogen (secondary N) is 1. The van der Waals surface area contributed by atoms with Gasteiger partial charge in [0.2, 0.25) is 0 Å². The first-order valence-electron chi connectivity index (χ1n) is 7.03. The molecule has 110 valence electrons. The molecule has 0 spiro atoms. The predicted molar refractivity (Wildman–Crippen MR) is 74.0 cm³/mol. The molecule has 2 amide bonds. The number of rotatable bonds is 2. The van der Waals surface area contributed by atoms with Crippen LogP contribution in [0.3, 0.4) is 0 Å². The van der Waals surface area contributed by atoms with E-state index < -0.39 is 17.4 Å². The summed E-state index contributed by atoms with van der Waals surface area (Å²) in [4.78, 5) is 25.3. The molecular weight excluding hydrogens is 244 g/mol. The van der Waals surface area contributed by atoms with Crippen molar-refractivity contribution in [3.8, 4) is 0 Å². The van der Waals surface area contributed by atoms with Crippen LogP contribution in [0, 0.1) is 5.41 Å². The highest BCUT2D eigenvalue weighted by Gasteiger charge is 2.34. The Bertz CT molecular complexity index is 336. The lowest BCUT2D eigenvalue weighted by atomic mass is 9.87. The van der Waals surface area contributed by atoms with E-state index in [0.29, 0.717) is 6.54 Å². The Labute approximate surface area is 115 Å². The molecule has 0 aromatic carbocycles. The lowest BCUT2D eigenvalue weighted by Crippen LogP contribution is -2.54. The number of carboxylic acids is 1. The van der Waals surface area contributed by atoms with Crippen molar-refractivity contribution in [1.82, 2.24) is 10.2 Å². The van der Waals surface area contributed by atoms with Crippen molar-refractivity contribution in [1.29, 1.82) is 0 Å². The summed E-state index contributed by atoms with van der Waals surface area (Å²) >= 11 is 0. The van der Waals surface area contributed by atoms with Gasteiger partial charge in [0.05, 0.1) is 0 Å². The maximum atomic E-state index is 12.3. The number of amides is 2. The number of carbonyl (C=O) groups excluding carboxylic acids is 1. The van der Waals surface area contributed by atoms with Crippen molar-refractivity contribution in [2.75, 3.05) is 6.54 Å². The second-order valence-electron chi connectivity index (χ2n) is 6.48. The maximum Gasteiger partial charge on any atom is 0.326 e. The predicted octanol–water partition coefficient (Wildman–Crippen LogP) is 2.46. The minimum Gasteiger partial charge on any atom is -0.480 e. The molecule has 19 heavy (non-hydrogen) atoms. The van der Waals surface area contributed by atoms with Crippen molar-refractivity contribution in [2.45, 2.75) is 65.5 Å². The monoisotopic (exact) mass is 270 g/mol. The molecule has 2 N–H and O–H groups in total. The standard InChI is InChI=1S/C14H26N2O3/c1-10-8-6-5-7-9-16(10)13(19)15-11(12(17)18)14(2,3)4/h10-11H,5-9H2,1-4H3,(H,15,19)(H,17,18)/t10?,11-/m0/s1. The van der Waals surface area contributed by atoms with Crippen LogP contribution in [-0.2, 0) is 4.79 Å². The minimum atomic E-state index is -0.983. The van der Waals surface area contributed by atoms with Gasteiger partial charge in [-0.05, 0) is 25.2 Å². The molecule has 0 radical (unpaired) electrons. The number of carbonyl (C=O) groups is 2. The number of carboxylic acid groups (broad SMARTS) is 1. The van der Waals surface area contributed by atoms with Crippen molar-refractivity contribution in [2.24, 2.45) is 5.41 Å². The number of aliphatic carboxylic acids is 1. The Hall–Kier alpha value is -1.26. The van der Waals surface area contributed by atoms with E-state index in [9.17, 15) is 14.7 Å². The Balaban J connectivity index is 2.73. The van der Waals surface area contributed by atoms with Gasteiger partial charge < -0.3 is 15.3 Å². The Morgan fingerprint density at radius 2 is 1.89 bits per heavy atom. The average Bonchev–Trinajstić information content (AvgIpc) is 2.48. The van der Waals surface area contributed by atoms with E-state index in [1.807, 2.05) is 27.7 Å². The third-order valence-corrected chi connectivity index (χ3v) is 3.69. The van der Waals surface area contributed by atoms with Crippen molar-refractivity contribution in [3.63, 3.8) is 0 Å². The van der Waals surface area contributed by atoms with Gasteiger partial charge in [-0.15, -0.1) is 0 Å². The van der Waals surface area contributed by atoms with Crippen LogP contribution in [0.5, 0.6) is 0 Å². The molecule has 0 aromatic heterocycles. The summed E-state index contributed by atoms with van der Waals surface area (Å²) in [6.45, 7) is 8.19. The molecule has 0 aromatic rings. The smallest absolute Gasteiger partial charge is 0.326 e. The molecule has 1 unspecified atom stereocenters. The Kier molecular flexibility index (Phi) is 5.20. The van der Waals surface area contributed by atoms with Crippen LogP contribution < -0.4 is 5.32 Å². The molecule has 2 atom stereocenters. The third-order valence-electron chi connectivity index (χ3n) is 3.69. The van der Waals surface area contributed by atoms with Crippen molar-refractivity contribution in [3.05, 3.63) is 0 Å². The highest BCUT2D eigenvalue weighted by molar-refractivity contribution is 5.83. The summed E-state index contributed by atoms with van der Waals surface area (Å²) in [5.74, 6) is -0.983. The van der Waals surface area contributed by atoms with Crippen LogP contribution in [0.15, 0.2) is 0 Å². The van der Waals surface area contributed by atoms with Crippen molar-refractivity contribution >= 4 is 12.0 Å². The molecule has 1 rings (SSSR count). The van der Waals surface area contributed by atoms with Gasteiger partial charge in [-0.25, -0.2) is 9.59 Å². The van der Waals surface area contributed by atoms with E-state index in [1.165, 1.54) is 0 Å². The summed E-state index contributed by atoms with van der Waals surface area (Å²) in [6, 6.07) is -0.941. The van der Waals surface area contributed by atoms with Gasteiger partial charge in [-0.2, -0.15) is 0 Å². The first-order valence-corrected chi connectivity index (χ1v) is 7.03. The second-order valence-corrected chi connectivity index (χ2v) is 6.48. The maximum absolute atomic E-state index is 12.3. The quantitative estimate of drug-likeness (QED) is 0.809. The fraction of sp³-hybridized carbons (Fsp3) is 0.857. The van der Waals surface area contributed by atoms with E-state index in [-0.39, 0.29) is 12.1 Å². The molecule has 5 heteroatoms. The highest BCUT2D eigenvalue weighted by Crippen LogP contribution is 2.21. The first kappa shape index (κ1) is 15.8. The largest absolute Gasteiger partial charge is 0.480 e. The summed E-state index contributed by atoms with van der Waals surface area (Å²) in [5.41, 5.74) is -0.503. The molecule has 1 aliphatic heterocycles. The van der Waals surface area contributed by atoms with Gasteiger partial charge in [0.15, 0.2) is 0 Å². The Morgan fingerprint density at radius 3 is 2.42 bits per heavy atom. The number of nitrogens with zero attached hydrogens (tertiary/aromatic N) is 1. The van der Waals surface area contributed by atoms with Gasteiger partial charge in [0.1, 0.15) is 6.04 Å². The lowest BCUT2D eigenvalue weighted by molar-refractivity contribution is -0.142. The zero-order valence-corrected chi connectivity index (χ0v) is 12.4. The summed E-state index contributed by atoms with van der Waals surface area (Å²) < 4.78 is 0. The van der Waals surface area contributed by atoms with E-state index in [0.717, 1.165) is 25.7 Å². The van der Waals surface area contributed by atoms with E-state index >= 15 is 0 Å². The van der Waals surface area contributed by atoms with Crippen LogP contribution in [0.4, 0.5) is 4.79 Å². The average molecular weight is 270 g/mol.